The lowest BCUT2D eigenvalue weighted by Crippen LogP contribution is -2.21. The van der Waals surface area contributed by atoms with E-state index in [0.29, 0.717) is 21.4 Å². The van der Waals surface area contributed by atoms with Crippen molar-refractivity contribution < 1.29 is 4.74 Å². The summed E-state index contributed by atoms with van der Waals surface area (Å²) in [6.45, 7) is 0. The van der Waals surface area contributed by atoms with Gasteiger partial charge in [0, 0.05) is 5.39 Å². The predicted molar refractivity (Wildman–Crippen MR) is 79.4 cm³/mol. The molecule has 0 aliphatic carbocycles. The van der Waals surface area contributed by atoms with Crippen molar-refractivity contribution in [2.24, 2.45) is 0 Å². The van der Waals surface area contributed by atoms with Gasteiger partial charge in [-0.25, -0.2) is 4.98 Å². The fourth-order valence-electron chi connectivity index (χ4n) is 2.01. The molecular weight excluding hydrogens is 322 g/mol. The van der Waals surface area contributed by atoms with Crippen LogP contribution in [0.15, 0.2) is 52.1 Å². The molecule has 1 aromatic carbocycles. The molecule has 0 amide bonds. The average Bonchev–Trinajstić information content (AvgIpc) is 2.48. The Balaban J connectivity index is 2.31. The van der Waals surface area contributed by atoms with E-state index in [4.69, 9.17) is 4.74 Å². The Morgan fingerprint density at radius 2 is 2.05 bits per heavy atom. The zero-order valence-corrected chi connectivity index (χ0v) is 12.2. The number of hydrogen-bond donors (Lipinski definition) is 0. The van der Waals surface area contributed by atoms with Crippen LogP contribution in [-0.2, 0) is 0 Å². The molecule has 3 aromatic rings. The van der Waals surface area contributed by atoms with Crippen LogP contribution in [0.3, 0.4) is 0 Å². The van der Waals surface area contributed by atoms with Crippen LogP contribution in [0, 0.1) is 0 Å². The van der Waals surface area contributed by atoms with Gasteiger partial charge in [0.15, 0.2) is 0 Å². The Bertz CT molecular complexity index is 828. The smallest absolute Gasteiger partial charge is 0.283 e. The van der Waals surface area contributed by atoms with Crippen molar-refractivity contribution in [2.75, 3.05) is 7.11 Å². The molecule has 0 atom stereocenters. The van der Waals surface area contributed by atoms with Gasteiger partial charge >= 0.3 is 0 Å². The van der Waals surface area contributed by atoms with Crippen molar-refractivity contribution in [1.82, 2.24) is 14.8 Å². The fourth-order valence-corrected chi connectivity index (χ4v) is 2.24. The van der Waals surface area contributed by atoms with Gasteiger partial charge in [-0.2, -0.15) is 9.78 Å². The minimum absolute atomic E-state index is 0.232. The Kier molecular flexibility index (Phi) is 3.23. The summed E-state index contributed by atoms with van der Waals surface area (Å²) in [5.74, 6) is 0.536. The van der Waals surface area contributed by atoms with Crippen molar-refractivity contribution in [1.29, 1.82) is 0 Å². The molecule has 0 saturated carbocycles. The first kappa shape index (κ1) is 12.8. The summed E-state index contributed by atoms with van der Waals surface area (Å²) in [7, 11) is 1.54. The minimum atomic E-state index is -0.232. The zero-order valence-electron chi connectivity index (χ0n) is 10.6. The van der Waals surface area contributed by atoms with Gasteiger partial charge in [-0.3, -0.25) is 4.79 Å². The summed E-state index contributed by atoms with van der Waals surface area (Å²) >= 11 is 3.26. The molecule has 0 aliphatic heterocycles. The lowest BCUT2D eigenvalue weighted by Gasteiger charge is -2.08. The van der Waals surface area contributed by atoms with E-state index in [1.807, 2.05) is 12.1 Å². The molecule has 0 radical (unpaired) electrons. The largest absolute Gasteiger partial charge is 0.496 e. The number of hydrogen-bond acceptors (Lipinski definition) is 4. The van der Waals surface area contributed by atoms with Crippen LogP contribution < -0.4 is 10.3 Å². The van der Waals surface area contributed by atoms with Gasteiger partial charge in [-0.15, -0.1) is 0 Å². The van der Waals surface area contributed by atoms with E-state index in [1.165, 1.54) is 4.68 Å². The topological polar surface area (TPSA) is 57.0 Å². The molecule has 100 valence electrons. The van der Waals surface area contributed by atoms with Crippen molar-refractivity contribution in [3.63, 3.8) is 0 Å². The summed E-state index contributed by atoms with van der Waals surface area (Å²) < 4.78 is 7.27. The third-order valence-electron chi connectivity index (χ3n) is 2.95. The molecule has 2 heterocycles. The predicted octanol–water partition coefficient (Wildman–Crippen LogP) is 2.55. The zero-order chi connectivity index (χ0) is 14.1. The van der Waals surface area contributed by atoms with Crippen LogP contribution in [-0.4, -0.2) is 21.9 Å². The van der Waals surface area contributed by atoms with Crippen LogP contribution in [0.4, 0.5) is 0 Å². The van der Waals surface area contributed by atoms with E-state index in [1.54, 1.807) is 37.7 Å². The van der Waals surface area contributed by atoms with Crippen LogP contribution in [0.2, 0.25) is 0 Å². The number of aromatic nitrogens is 3. The Hall–Kier alpha value is -2.21. The van der Waals surface area contributed by atoms with E-state index in [2.05, 4.69) is 26.0 Å². The molecule has 2 aromatic heterocycles. The molecule has 0 spiro atoms. The lowest BCUT2D eigenvalue weighted by atomic mass is 10.2. The number of halogens is 1. The van der Waals surface area contributed by atoms with E-state index >= 15 is 0 Å². The number of rotatable bonds is 2. The second kappa shape index (κ2) is 5.05. The SMILES string of the molecule is COc1cccc2cnn(-c3ccc(Br)nc3)c(=O)c12. The molecule has 0 N–H and O–H groups in total. The van der Waals surface area contributed by atoms with E-state index < -0.39 is 0 Å². The summed E-state index contributed by atoms with van der Waals surface area (Å²) in [5.41, 5.74) is 0.370. The highest BCUT2D eigenvalue weighted by atomic mass is 79.9. The Morgan fingerprint density at radius 1 is 1.20 bits per heavy atom. The van der Waals surface area contributed by atoms with E-state index in [0.717, 1.165) is 5.39 Å². The number of fused-ring (bicyclic) bond motifs is 1. The van der Waals surface area contributed by atoms with Gasteiger partial charge in [-0.1, -0.05) is 12.1 Å². The molecule has 0 unspecified atom stereocenters. The number of pyridine rings is 1. The van der Waals surface area contributed by atoms with Crippen molar-refractivity contribution >= 4 is 26.7 Å². The van der Waals surface area contributed by atoms with Crippen LogP contribution >= 0.6 is 15.9 Å². The maximum absolute atomic E-state index is 12.6. The molecular formula is C14H10BrN3O2. The normalized spacial score (nSPS) is 10.7. The molecule has 6 heteroatoms. The summed E-state index contributed by atoms with van der Waals surface area (Å²) in [6.07, 6.45) is 3.22. The van der Waals surface area contributed by atoms with Gasteiger partial charge in [0.05, 0.1) is 30.6 Å². The second-order valence-corrected chi connectivity index (χ2v) is 4.94. The maximum atomic E-state index is 12.6. The molecule has 0 aliphatic rings. The first-order valence-electron chi connectivity index (χ1n) is 5.87. The molecule has 5 nitrogen and oxygen atoms in total. The summed E-state index contributed by atoms with van der Waals surface area (Å²) in [5, 5.41) is 5.43. The highest BCUT2D eigenvalue weighted by Crippen LogP contribution is 2.21. The average molecular weight is 332 g/mol. The number of ether oxygens (including phenoxy) is 1. The van der Waals surface area contributed by atoms with Crippen molar-refractivity contribution in [3.05, 3.63) is 57.7 Å². The Labute approximate surface area is 123 Å². The quantitative estimate of drug-likeness (QED) is 0.677. The van der Waals surface area contributed by atoms with Gasteiger partial charge in [0.25, 0.3) is 5.56 Å². The monoisotopic (exact) mass is 331 g/mol. The third kappa shape index (κ3) is 2.08. The fraction of sp³-hybridized carbons (Fsp3) is 0.0714. The highest BCUT2D eigenvalue weighted by Gasteiger charge is 2.10. The minimum Gasteiger partial charge on any atom is -0.496 e. The van der Waals surface area contributed by atoms with Crippen molar-refractivity contribution in [3.8, 4) is 11.4 Å². The number of methoxy groups -OCH3 is 1. The Morgan fingerprint density at radius 3 is 2.75 bits per heavy atom. The first-order valence-corrected chi connectivity index (χ1v) is 6.67. The number of nitrogens with zero attached hydrogens (tertiary/aromatic N) is 3. The second-order valence-electron chi connectivity index (χ2n) is 4.13. The van der Waals surface area contributed by atoms with Gasteiger partial charge in [0.2, 0.25) is 0 Å². The lowest BCUT2D eigenvalue weighted by molar-refractivity contribution is 0.419. The highest BCUT2D eigenvalue weighted by molar-refractivity contribution is 9.10. The van der Waals surface area contributed by atoms with Crippen LogP contribution in [0.25, 0.3) is 16.5 Å². The van der Waals surface area contributed by atoms with Crippen LogP contribution in [0.1, 0.15) is 0 Å². The van der Waals surface area contributed by atoms with E-state index in [9.17, 15) is 4.79 Å². The number of benzene rings is 1. The first-order chi connectivity index (χ1) is 9.70. The maximum Gasteiger partial charge on any atom is 0.283 e. The molecule has 20 heavy (non-hydrogen) atoms. The van der Waals surface area contributed by atoms with Gasteiger partial charge in [-0.05, 0) is 34.1 Å². The summed E-state index contributed by atoms with van der Waals surface area (Å²) in [4.78, 5) is 16.7. The molecule has 0 bridgehead atoms. The van der Waals surface area contributed by atoms with E-state index in [-0.39, 0.29) is 5.56 Å². The molecule has 3 rings (SSSR count). The van der Waals surface area contributed by atoms with Gasteiger partial charge in [0.1, 0.15) is 10.4 Å². The van der Waals surface area contributed by atoms with Gasteiger partial charge < -0.3 is 4.74 Å². The molecule has 0 saturated heterocycles. The van der Waals surface area contributed by atoms with Crippen LogP contribution in [0.5, 0.6) is 5.75 Å². The molecule has 0 fully saturated rings. The summed E-state index contributed by atoms with van der Waals surface area (Å²) in [6, 6.07) is 8.95. The standard InChI is InChI=1S/C14H10BrN3O2/c1-20-11-4-2-3-9-7-17-18(14(19)13(9)11)10-5-6-12(15)16-8-10/h2-8H,1H3. The van der Waals surface area contributed by atoms with Crippen molar-refractivity contribution in [2.45, 2.75) is 0 Å². The third-order valence-corrected chi connectivity index (χ3v) is 3.42.